The Kier molecular flexibility index (Phi) is 16.6. The maximum absolute atomic E-state index is 11.7. The molecule has 3 rings (SSSR count). The lowest BCUT2D eigenvalue weighted by Gasteiger charge is -2.21. The summed E-state index contributed by atoms with van der Waals surface area (Å²) >= 11 is 0. The Labute approximate surface area is 273 Å². The molecule has 47 heavy (non-hydrogen) atoms. The van der Waals surface area contributed by atoms with Crippen LogP contribution in [0.3, 0.4) is 0 Å². The Morgan fingerprint density at radius 2 is 1.36 bits per heavy atom. The molecule has 0 unspecified atom stereocenters. The third-order valence-corrected chi connectivity index (χ3v) is 6.23. The predicted molar refractivity (Wildman–Crippen MR) is 175 cm³/mol. The van der Waals surface area contributed by atoms with Crippen LogP contribution in [0.1, 0.15) is 52.2 Å². The van der Waals surface area contributed by atoms with Crippen LogP contribution in [0.5, 0.6) is 0 Å². The van der Waals surface area contributed by atoms with Gasteiger partial charge in [0.15, 0.2) is 0 Å². The van der Waals surface area contributed by atoms with Crippen molar-refractivity contribution in [2.75, 3.05) is 0 Å². The van der Waals surface area contributed by atoms with Gasteiger partial charge in [-0.3, -0.25) is 14.4 Å². The first-order valence-electron chi connectivity index (χ1n) is 14.8. The van der Waals surface area contributed by atoms with Gasteiger partial charge in [0.05, 0.1) is 6.42 Å². The molecule has 0 aromatic heterocycles. The van der Waals surface area contributed by atoms with Crippen molar-refractivity contribution in [1.82, 2.24) is 5.32 Å². The molecule has 13 heteroatoms. The number of aliphatic carboxylic acids is 3. The molecule has 0 fully saturated rings. The van der Waals surface area contributed by atoms with Crippen molar-refractivity contribution in [2.45, 2.75) is 77.8 Å². The number of ether oxygens (including phenoxy) is 2. The Morgan fingerprint density at radius 3 is 1.87 bits per heavy atom. The number of amides is 1. The van der Waals surface area contributed by atoms with Gasteiger partial charge >= 0.3 is 30.0 Å². The first-order chi connectivity index (χ1) is 21.9. The van der Waals surface area contributed by atoms with E-state index in [9.17, 15) is 24.0 Å². The molecule has 13 nitrogen and oxygen atoms in total. The number of carbonyl (C=O) groups is 5. The highest BCUT2D eigenvalue weighted by Gasteiger charge is 2.27. The summed E-state index contributed by atoms with van der Waals surface area (Å²) in [6.45, 7) is 8.57. The summed E-state index contributed by atoms with van der Waals surface area (Å²) in [6, 6.07) is 19.7. The summed E-state index contributed by atoms with van der Waals surface area (Å²) in [7, 11) is 0. The minimum Gasteiger partial charge on any atom is -0.480 e. The van der Waals surface area contributed by atoms with Crippen molar-refractivity contribution in [3.63, 3.8) is 0 Å². The van der Waals surface area contributed by atoms with Gasteiger partial charge in [-0.25, -0.2) is 9.59 Å². The van der Waals surface area contributed by atoms with Crippen molar-refractivity contribution >= 4 is 40.7 Å². The highest BCUT2D eigenvalue weighted by molar-refractivity contribution is 5.87. The molecule has 1 amide bonds. The maximum Gasteiger partial charge on any atom is 0.408 e. The summed E-state index contributed by atoms with van der Waals surface area (Å²) in [6.07, 6.45) is -1.03. The second-order valence-corrected chi connectivity index (χ2v) is 11.8. The van der Waals surface area contributed by atoms with Crippen molar-refractivity contribution < 1.29 is 48.8 Å². The molecule has 0 radical (unpaired) electrons. The Hall–Kier alpha value is -5.01. The fraction of sp³-hybridized carbons (Fsp3) is 0.382. The molecule has 0 aliphatic rings. The summed E-state index contributed by atoms with van der Waals surface area (Å²) in [5.74, 6) is -3.93. The van der Waals surface area contributed by atoms with Crippen LogP contribution in [-0.2, 0) is 41.7 Å². The second-order valence-electron chi connectivity index (χ2n) is 11.8. The van der Waals surface area contributed by atoms with Crippen LogP contribution >= 0.6 is 0 Å². The number of nitrogens with two attached hydrogens (primary N) is 2. The fourth-order valence-electron chi connectivity index (χ4n) is 3.74. The molecule has 0 aliphatic heterocycles. The van der Waals surface area contributed by atoms with Gasteiger partial charge in [-0.1, -0.05) is 86.6 Å². The number of fused-ring (bicyclic) bond motifs is 1. The van der Waals surface area contributed by atoms with Gasteiger partial charge in [0.1, 0.15) is 30.3 Å². The minimum atomic E-state index is -1.41. The number of rotatable bonds is 11. The third-order valence-electron chi connectivity index (χ3n) is 6.23. The number of carboxylic acid groups (broad SMARTS) is 3. The van der Waals surface area contributed by atoms with Crippen molar-refractivity contribution in [1.29, 1.82) is 0 Å². The van der Waals surface area contributed by atoms with Gasteiger partial charge in [-0.05, 0) is 55.0 Å². The molecule has 256 valence electrons. The van der Waals surface area contributed by atoms with Crippen LogP contribution in [-0.4, -0.2) is 69.0 Å². The molecule has 0 spiro atoms. The van der Waals surface area contributed by atoms with E-state index >= 15 is 0 Å². The lowest BCUT2D eigenvalue weighted by atomic mass is 9.99. The first kappa shape index (κ1) is 40.0. The van der Waals surface area contributed by atoms with Crippen molar-refractivity contribution in [2.24, 2.45) is 17.4 Å². The topological polar surface area (TPSA) is 229 Å². The molecular weight excluding hydrogens is 610 g/mol. The standard InChI is InChI=1S/C16H21NO6.C13H13NO2.C5H11NO2/c1-16(2,3)23-13(18)9-12(14(19)20)17-15(21)22-10-11-7-5-4-6-8-11;14-12(13(15)16)8-10-6-3-5-9-4-1-2-7-11(9)10;1-3(2)4(6)5(7)8/h4-8,12H,9-10H2,1-3H3,(H,17,21)(H,19,20);1-7,12H,8,14H2,(H,15,16);3-4H,6H2,1-2H3,(H,7,8)/t2*12-;4-/m000/s1. The summed E-state index contributed by atoms with van der Waals surface area (Å²) in [5, 5.41) is 30.4. The normalized spacial score (nSPS) is 12.6. The number of hydrogen-bond acceptors (Lipinski definition) is 9. The van der Waals surface area contributed by atoms with E-state index in [-0.39, 0.29) is 12.5 Å². The van der Waals surface area contributed by atoms with Crippen LogP contribution in [0.15, 0.2) is 72.8 Å². The van der Waals surface area contributed by atoms with E-state index in [0.717, 1.165) is 21.9 Å². The second kappa shape index (κ2) is 19.5. The highest BCUT2D eigenvalue weighted by atomic mass is 16.6. The van der Waals surface area contributed by atoms with Gasteiger partial charge in [0.2, 0.25) is 0 Å². The van der Waals surface area contributed by atoms with E-state index < -0.39 is 60.1 Å². The van der Waals surface area contributed by atoms with Gasteiger partial charge in [0, 0.05) is 0 Å². The number of alkyl carbamates (subject to hydrolysis) is 1. The molecule has 3 atom stereocenters. The fourth-order valence-corrected chi connectivity index (χ4v) is 3.74. The number of esters is 1. The molecule has 3 aromatic rings. The number of benzene rings is 3. The van der Waals surface area contributed by atoms with Gasteiger partial charge in [-0.15, -0.1) is 0 Å². The summed E-state index contributed by atoms with van der Waals surface area (Å²) in [4.78, 5) is 55.2. The number of hydrogen-bond donors (Lipinski definition) is 6. The molecule has 0 bridgehead atoms. The van der Waals surface area contributed by atoms with E-state index in [4.69, 9.17) is 36.3 Å². The van der Waals surface area contributed by atoms with E-state index in [1.165, 1.54) is 0 Å². The predicted octanol–water partition coefficient (Wildman–Crippen LogP) is 3.95. The van der Waals surface area contributed by atoms with Gasteiger partial charge < -0.3 is 41.6 Å². The zero-order chi connectivity index (χ0) is 35.7. The van der Waals surface area contributed by atoms with Crippen LogP contribution in [0.25, 0.3) is 10.8 Å². The number of carbonyl (C=O) groups excluding carboxylic acids is 2. The van der Waals surface area contributed by atoms with Gasteiger partial charge in [0.25, 0.3) is 0 Å². The number of carboxylic acids is 3. The Balaban J connectivity index is 0.000000396. The molecule has 0 saturated carbocycles. The zero-order valence-corrected chi connectivity index (χ0v) is 27.2. The third kappa shape index (κ3) is 16.2. The van der Waals surface area contributed by atoms with Crippen LogP contribution in [0.4, 0.5) is 4.79 Å². The van der Waals surface area contributed by atoms with Gasteiger partial charge in [-0.2, -0.15) is 0 Å². The molecule has 0 heterocycles. The van der Waals surface area contributed by atoms with E-state index in [2.05, 4.69) is 5.32 Å². The highest BCUT2D eigenvalue weighted by Crippen LogP contribution is 2.19. The van der Waals surface area contributed by atoms with Crippen LogP contribution in [0, 0.1) is 5.92 Å². The molecular formula is C34H45N3O10. The minimum absolute atomic E-state index is 0.00541. The average molecular weight is 656 g/mol. The van der Waals surface area contributed by atoms with E-state index in [1.54, 1.807) is 58.9 Å². The Bertz CT molecular complexity index is 1470. The molecule has 0 aliphatic carbocycles. The van der Waals surface area contributed by atoms with Crippen molar-refractivity contribution in [3.8, 4) is 0 Å². The van der Waals surface area contributed by atoms with Crippen LogP contribution < -0.4 is 16.8 Å². The molecule has 3 aromatic carbocycles. The summed E-state index contributed by atoms with van der Waals surface area (Å²) in [5.41, 5.74) is 11.7. The molecule has 0 saturated heterocycles. The van der Waals surface area contributed by atoms with Crippen LogP contribution in [0.2, 0.25) is 0 Å². The van der Waals surface area contributed by atoms with E-state index in [1.807, 2.05) is 48.5 Å². The zero-order valence-electron chi connectivity index (χ0n) is 27.2. The average Bonchev–Trinajstić information content (AvgIpc) is 2.99. The lowest BCUT2D eigenvalue weighted by Crippen LogP contribution is -2.43. The smallest absolute Gasteiger partial charge is 0.408 e. The lowest BCUT2D eigenvalue weighted by molar-refractivity contribution is -0.158. The summed E-state index contributed by atoms with van der Waals surface area (Å²) < 4.78 is 9.96. The quantitative estimate of drug-likeness (QED) is 0.161. The first-order valence-corrected chi connectivity index (χ1v) is 14.8. The maximum atomic E-state index is 11.7. The largest absolute Gasteiger partial charge is 0.480 e. The SMILES string of the molecule is CC(C)(C)OC(=O)C[C@H](NC(=O)OCc1ccccc1)C(=O)O.CC(C)[C@H](N)C(=O)O.N[C@@H](Cc1cccc2ccccc12)C(=O)O. The Morgan fingerprint density at radius 1 is 0.787 bits per heavy atom. The number of nitrogens with one attached hydrogen (secondary N) is 1. The van der Waals surface area contributed by atoms with Crippen molar-refractivity contribution in [3.05, 3.63) is 83.9 Å². The van der Waals surface area contributed by atoms with E-state index in [0.29, 0.717) is 6.42 Å². The monoisotopic (exact) mass is 655 g/mol. The molecule has 8 N–H and O–H groups in total.